The molecule has 0 saturated carbocycles. The molecular formula is C30H30N2O4S. The predicted molar refractivity (Wildman–Crippen MR) is 145 cm³/mol. The van der Waals surface area contributed by atoms with E-state index in [-0.39, 0.29) is 23.9 Å². The summed E-state index contributed by atoms with van der Waals surface area (Å²) >= 11 is 0. The molecule has 0 saturated heterocycles. The minimum atomic E-state index is -3.94. The monoisotopic (exact) mass is 514 g/mol. The fourth-order valence-electron chi connectivity index (χ4n) is 4.10. The van der Waals surface area contributed by atoms with Crippen molar-refractivity contribution in [3.05, 3.63) is 132 Å². The number of hydrogen-bond acceptors (Lipinski definition) is 4. The van der Waals surface area contributed by atoms with E-state index in [0.29, 0.717) is 12.2 Å². The number of nitrogens with one attached hydrogen (secondary N) is 1. The Labute approximate surface area is 218 Å². The van der Waals surface area contributed by atoms with Crippen LogP contribution in [0.2, 0.25) is 0 Å². The second kappa shape index (κ2) is 12.3. The SMILES string of the molecule is COc1ccc(S(=O)(=O)N(CCc2ccccc2)CC(=O)NC(c2ccccc2)c2ccccc2)cc1. The van der Waals surface area contributed by atoms with Crippen molar-refractivity contribution in [1.29, 1.82) is 0 Å². The first-order valence-corrected chi connectivity index (χ1v) is 13.5. The first kappa shape index (κ1) is 26.1. The third kappa shape index (κ3) is 6.84. The number of carbonyl (C=O) groups excluding carboxylic acids is 1. The topological polar surface area (TPSA) is 75.7 Å². The summed E-state index contributed by atoms with van der Waals surface area (Å²) in [5, 5.41) is 3.06. The standard InChI is InChI=1S/C30H30N2O4S/c1-36-27-17-19-28(20-18-27)37(34,35)32(22-21-24-11-5-2-6-12-24)23-29(33)31-30(25-13-7-3-8-14-25)26-15-9-4-10-16-26/h2-20,30H,21-23H2,1H3,(H,31,33). The number of methoxy groups -OCH3 is 1. The molecule has 4 aromatic rings. The summed E-state index contributed by atoms with van der Waals surface area (Å²) in [4.78, 5) is 13.5. The van der Waals surface area contributed by atoms with Gasteiger partial charge in [-0.2, -0.15) is 4.31 Å². The van der Waals surface area contributed by atoms with Gasteiger partial charge in [0.25, 0.3) is 0 Å². The van der Waals surface area contributed by atoms with Gasteiger partial charge in [-0.05, 0) is 47.4 Å². The minimum Gasteiger partial charge on any atom is -0.497 e. The van der Waals surface area contributed by atoms with Gasteiger partial charge in [0.15, 0.2) is 0 Å². The van der Waals surface area contributed by atoms with Crippen molar-refractivity contribution in [2.24, 2.45) is 0 Å². The highest BCUT2D eigenvalue weighted by atomic mass is 32.2. The quantitative estimate of drug-likeness (QED) is 0.311. The molecule has 0 aliphatic carbocycles. The Hall–Kier alpha value is -3.94. The van der Waals surface area contributed by atoms with E-state index in [2.05, 4.69) is 5.32 Å². The van der Waals surface area contributed by atoms with Crippen LogP contribution < -0.4 is 10.1 Å². The zero-order chi connectivity index (χ0) is 26.1. The second-order valence-corrected chi connectivity index (χ2v) is 10.5. The lowest BCUT2D eigenvalue weighted by Crippen LogP contribution is -2.42. The lowest BCUT2D eigenvalue weighted by atomic mass is 9.99. The van der Waals surface area contributed by atoms with Crippen LogP contribution >= 0.6 is 0 Å². The number of sulfonamides is 1. The van der Waals surface area contributed by atoms with Crippen LogP contribution in [0.15, 0.2) is 120 Å². The summed E-state index contributed by atoms with van der Waals surface area (Å²) in [6, 6.07) is 34.7. The van der Waals surface area contributed by atoms with E-state index < -0.39 is 16.1 Å². The Morgan fingerprint density at radius 1 is 0.784 bits per heavy atom. The van der Waals surface area contributed by atoms with Gasteiger partial charge >= 0.3 is 0 Å². The van der Waals surface area contributed by atoms with Crippen LogP contribution in [-0.2, 0) is 21.2 Å². The molecule has 0 heterocycles. The third-order valence-electron chi connectivity index (χ3n) is 6.08. The highest BCUT2D eigenvalue weighted by Gasteiger charge is 2.28. The predicted octanol–water partition coefficient (Wildman–Crippen LogP) is 4.83. The van der Waals surface area contributed by atoms with E-state index in [0.717, 1.165) is 16.7 Å². The first-order valence-electron chi connectivity index (χ1n) is 12.0. The highest BCUT2D eigenvalue weighted by Crippen LogP contribution is 2.23. The molecule has 0 aliphatic rings. The van der Waals surface area contributed by atoms with Crippen molar-refractivity contribution in [3.63, 3.8) is 0 Å². The molecule has 0 aromatic heterocycles. The van der Waals surface area contributed by atoms with Gasteiger partial charge in [-0.3, -0.25) is 4.79 Å². The van der Waals surface area contributed by atoms with Crippen LogP contribution in [0.25, 0.3) is 0 Å². The molecule has 4 aromatic carbocycles. The van der Waals surface area contributed by atoms with Crippen LogP contribution in [0, 0.1) is 0 Å². The van der Waals surface area contributed by atoms with Gasteiger partial charge in [-0.15, -0.1) is 0 Å². The lowest BCUT2D eigenvalue weighted by Gasteiger charge is -2.25. The van der Waals surface area contributed by atoms with Crippen LogP contribution in [-0.4, -0.2) is 38.8 Å². The molecular weight excluding hydrogens is 484 g/mol. The van der Waals surface area contributed by atoms with E-state index in [1.54, 1.807) is 12.1 Å². The Morgan fingerprint density at radius 3 is 1.81 bits per heavy atom. The van der Waals surface area contributed by atoms with Gasteiger partial charge in [0.2, 0.25) is 15.9 Å². The molecule has 0 atom stereocenters. The Balaban J connectivity index is 1.59. The third-order valence-corrected chi connectivity index (χ3v) is 7.94. The fraction of sp³-hybridized carbons (Fsp3) is 0.167. The lowest BCUT2D eigenvalue weighted by molar-refractivity contribution is -0.121. The number of nitrogens with zero attached hydrogens (tertiary/aromatic N) is 1. The molecule has 1 N–H and O–H groups in total. The number of hydrogen-bond donors (Lipinski definition) is 1. The number of benzene rings is 4. The van der Waals surface area contributed by atoms with Gasteiger partial charge in [-0.25, -0.2) is 8.42 Å². The summed E-state index contributed by atoms with van der Waals surface area (Å²) in [5.74, 6) is 0.170. The van der Waals surface area contributed by atoms with Gasteiger partial charge in [0.1, 0.15) is 5.75 Å². The summed E-state index contributed by atoms with van der Waals surface area (Å²) in [6.45, 7) is -0.148. The number of rotatable bonds is 11. The summed E-state index contributed by atoms with van der Waals surface area (Å²) in [7, 11) is -2.42. The van der Waals surface area contributed by atoms with Crippen molar-refractivity contribution in [2.45, 2.75) is 17.4 Å². The molecule has 4 rings (SSSR count). The van der Waals surface area contributed by atoms with E-state index in [1.807, 2.05) is 91.0 Å². The van der Waals surface area contributed by atoms with Crippen LogP contribution in [0.1, 0.15) is 22.7 Å². The largest absolute Gasteiger partial charge is 0.497 e. The summed E-state index contributed by atoms with van der Waals surface area (Å²) in [6.07, 6.45) is 0.476. The van der Waals surface area contributed by atoms with Crippen LogP contribution in [0.4, 0.5) is 0 Å². The average molecular weight is 515 g/mol. The van der Waals surface area contributed by atoms with E-state index >= 15 is 0 Å². The van der Waals surface area contributed by atoms with Crippen molar-refractivity contribution in [1.82, 2.24) is 9.62 Å². The summed E-state index contributed by atoms with van der Waals surface area (Å²) < 4.78 is 33.6. The molecule has 190 valence electrons. The molecule has 6 nitrogen and oxygen atoms in total. The average Bonchev–Trinajstić information content (AvgIpc) is 2.95. The molecule has 1 amide bonds. The normalized spacial score (nSPS) is 11.4. The summed E-state index contributed by atoms with van der Waals surface area (Å²) in [5.41, 5.74) is 2.82. The van der Waals surface area contributed by atoms with Crippen molar-refractivity contribution in [2.75, 3.05) is 20.2 Å². The fourth-order valence-corrected chi connectivity index (χ4v) is 5.49. The molecule has 7 heteroatoms. The van der Waals surface area contributed by atoms with Crippen molar-refractivity contribution < 1.29 is 17.9 Å². The second-order valence-electron chi connectivity index (χ2n) is 8.57. The highest BCUT2D eigenvalue weighted by molar-refractivity contribution is 7.89. The Kier molecular flexibility index (Phi) is 8.72. The Bertz CT molecular complexity index is 1340. The van der Waals surface area contributed by atoms with E-state index in [9.17, 15) is 13.2 Å². The molecule has 0 fully saturated rings. The van der Waals surface area contributed by atoms with Crippen LogP contribution in [0.3, 0.4) is 0 Å². The molecule has 0 radical (unpaired) electrons. The maximum atomic E-state index is 13.6. The van der Waals surface area contributed by atoms with Gasteiger partial charge in [0.05, 0.1) is 24.6 Å². The maximum absolute atomic E-state index is 13.6. The van der Waals surface area contributed by atoms with Crippen molar-refractivity contribution >= 4 is 15.9 Å². The van der Waals surface area contributed by atoms with Gasteiger partial charge in [0, 0.05) is 6.54 Å². The van der Waals surface area contributed by atoms with Gasteiger partial charge in [-0.1, -0.05) is 91.0 Å². The first-order chi connectivity index (χ1) is 18.0. The van der Waals surface area contributed by atoms with Crippen LogP contribution in [0.5, 0.6) is 5.75 Å². The molecule has 0 aliphatic heterocycles. The van der Waals surface area contributed by atoms with E-state index in [4.69, 9.17) is 4.74 Å². The van der Waals surface area contributed by atoms with E-state index in [1.165, 1.54) is 23.5 Å². The molecule has 0 bridgehead atoms. The van der Waals surface area contributed by atoms with Gasteiger partial charge < -0.3 is 10.1 Å². The number of carbonyl (C=O) groups is 1. The molecule has 0 unspecified atom stereocenters. The smallest absolute Gasteiger partial charge is 0.243 e. The minimum absolute atomic E-state index is 0.108. The molecule has 37 heavy (non-hydrogen) atoms. The van der Waals surface area contributed by atoms with Crippen molar-refractivity contribution in [3.8, 4) is 5.75 Å². The number of amides is 1. The maximum Gasteiger partial charge on any atom is 0.243 e. The zero-order valence-corrected chi connectivity index (χ0v) is 21.5. The zero-order valence-electron chi connectivity index (χ0n) is 20.7. The molecule has 0 spiro atoms. The Morgan fingerprint density at radius 2 is 1.30 bits per heavy atom. The number of ether oxygens (including phenoxy) is 1.